The predicted molar refractivity (Wildman–Crippen MR) is 81.7 cm³/mol. The van der Waals surface area contributed by atoms with Gasteiger partial charge in [0.1, 0.15) is 0 Å². The quantitative estimate of drug-likeness (QED) is 0.775. The van der Waals surface area contributed by atoms with Crippen LogP contribution in [0.25, 0.3) is 0 Å². The van der Waals surface area contributed by atoms with Gasteiger partial charge in [0, 0.05) is 13.1 Å². The van der Waals surface area contributed by atoms with E-state index in [4.69, 9.17) is 21.1 Å². The summed E-state index contributed by atoms with van der Waals surface area (Å²) in [6.45, 7) is 7.58. The van der Waals surface area contributed by atoms with Crippen LogP contribution < -0.4 is 14.8 Å². The summed E-state index contributed by atoms with van der Waals surface area (Å²) in [6.07, 6.45) is -0.352. The third-order valence-electron chi connectivity index (χ3n) is 3.03. The Morgan fingerprint density at radius 3 is 2.60 bits per heavy atom. The summed E-state index contributed by atoms with van der Waals surface area (Å²) in [5.41, 5.74) is 0.992. The third-order valence-corrected chi connectivity index (χ3v) is 3.31. The standard InChI is InChI=1S/C15H24ClNO3/c1-5-20-15-12(16)6-11(7-14(15)19-4)8-17-9-13(18)10(2)3/h6-7,10,13,17-18H,5,8-9H2,1-4H3. The zero-order chi connectivity index (χ0) is 15.1. The lowest BCUT2D eigenvalue weighted by Crippen LogP contribution is -2.30. The highest BCUT2D eigenvalue weighted by molar-refractivity contribution is 6.32. The Balaban J connectivity index is 2.70. The van der Waals surface area contributed by atoms with Gasteiger partial charge in [-0.15, -0.1) is 0 Å². The summed E-state index contributed by atoms with van der Waals surface area (Å²) < 4.78 is 10.8. The molecule has 20 heavy (non-hydrogen) atoms. The molecule has 0 radical (unpaired) electrons. The Morgan fingerprint density at radius 2 is 2.05 bits per heavy atom. The summed E-state index contributed by atoms with van der Waals surface area (Å²) in [7, 11) is 1.59. The maximum atomic E-state index is 9.74. The second-order valence-electron chi connectivity index (χ2n) is 4.98. The summed E-state index contributed by atoms with van der Waals surface area (Å²) in [4.78, 5) is 0. The number of rotatable bonds is 8. The molecule has 1 aromatic rings. The number of aliphatic hydroxyl groups excluding tert-OH is 1. The largest absolute Gasteiger partial charge is 0.493 e. The molecule has 1 rings (SSSR count). The summed E-state index contributed by atoms with van der Waals surface area (Å²) in [5, 5.41) is 13.5. The van der Waals surface area contributed by atoms with E-state index in [1.54, 1.807) is 7.11 Å². The van der Waals surface area contributed by atoms with E-state index >= 15 is 0 Å². The van der Waals surface area contributed by atoms with Crippen molar-refractivity contribution in [2.24, 2.45) is 5.92 Å². The maximum Gasteiger partial charge on any atom is 0.179 e. The first-order valence-electron chi connectivity index (χ1n) is 6.87. The molecule has 1 aromatic carbocycles. The molecule has 0 aromatic heterocycles. The van der Waals surface area contributed by atoms with Crippen LogP contribution >= 0.6 is 11.6 Å². The summed E-state index contributed by atoms with van der Waals surface area (Å²) in [5.74, 6) is 1.43. The Bertz CT molecular complexity index is 424. The zero-order valence-corrected chi connectivity index (χ0v) is 13.3. The van der Waals surface area contributed by atoms with Crippen molar-refractivity contribution in [3.63, 3.8) is 0 Å². The molecule has 4 nitrogen and oxygen atoms in total. The number of hydrogen-bond donors (Lipinski definition) is 2. The van der Waals surface area contributed by atoms with E-state index in [0.29, 0.717) is 36.2 Å². The highest BCUT2D eigenvalue weighted by Gasteiger charge is 2.12. The number of aliphatic hydroxyl groups is 1. The second-order valence-corrected chi connectivity index (χ2v) is 5.39. The van der Waals surface area contributed by atoms with Crippen molar-refractivity contribution in [1.82, 2.24) is 5.32 Å². The fraction of sp³-hybridized carbons (Fsp3) is 0.600. The smallest absolute Gasteiger partial charge is 0.179 e. The third kappa shape index (κ3) is 4.85. The van der Waals surface area contributed by atoms with Gasteiger partial charge in [0.05, 0.1) is 24.8 Å². The molecule has 0 aliphatic rings. The molecule has 0 heterocycles. The van der Waals surface area contributed by atoms with E-state index in [1.807, 2.05) is 32.9 Å². The van der Waals surface area contributed by atoms with Crippen LogP contribution in [-0.2, 0) is 6.54 Å². The number of methoxy groups -OCH3 is 1. The Hall–Kier alpha value is -0.970. The Labute approximate surface area is 126 Å². The zero-order valence-electron chi connectivity index (χ0n) is 12.6. The number of nitrogens with one attached hydrogen (secondary N) is 1. The monoisotopic (exact) mass is 301 g/mol. The van der Waals surface area contributed by atoms with Crippen molar-refractivity contribution in [2.75, 3.05) is 20.3 Å². The van der Waals surface area contributed by atoms with Gasteiger partial charge in [0.2, 0.25) is 0 Å². The first-order valence-corrected chi connectivity index (χ1v) is 7.25. The van der Waals surface area contributed by atoms with E-state index in [-0.39, 0.29) is 12.0 Å². The van der Waals surface area contributed by atoms with Crippen LogP contribution in [0.3, 0.4) is 0 Å². The van der Waals surface area contributed by atoms with Crippen molar-refractivity contribution in [3.05, 3.63) is 22.7 Å². The highest BCUT2D eigenvalue weighted by atomic mass is 35.5. The van der Waals surface area contributed by atoms with E-state index in [0.717, 1.165) is 5.56 Å². The van der Waals surface area contributed by atoms with Crippen LogP contribution in [0.1, 0.15) is 26.3 Å². The van der Waals surface area contributed by atoms with Gasteiger partial charge in [-0.05, 0) is 30.5 Å². The van der Waals surface area contributed by atoms with E-state index in [2.05, 4.69) is 5.32 Å². The van der Waals surface area contributed by atoms with Gasteiger partial charge in [0.15, 0.2) is 11.5 Å². The lowest BCUT2D eigenvalue weighted by atomic mass is 10.1. The summed E-state index contributed by atoms with van der Waals surface area (Å²) in [6, 6.07) is 3.75. The first-order chi connectivity index (χ1) is 9.49. The molecule has 0 bridgehead atoms. The predicted octanol–water partition coefficient (Wildman–Crippen LogP) is 2.85. The molecule has 1 atom stereocenters. The number of hydrogen-bond acceptors (Lipinski definition) is 4. The molecule has 0 spiro atoms. The molecule has 0 fully saturated rings. The van der Waals surface area contributed by atoms with E-state index in [9.17, 15) is 5.11 Å². The van der Waals surface area contributed by atoms with Crippen molar-refractivity contribution in [2.45, 2.75) is 33.4 Å². The van der Waals surface area contributed by atoms with Crippen molar-refractivity contribution >= 4 is 11.6 Å². The van der Waals surface area contributed by atoms with Crippen molar-refractivity contribution in [3.8, 4) is 11.5 Å². The fourth-order valence-corrected chi connectivity index (χ4v) is 2.05. The fourth-order valence-electron chi connectivity index (χ4n) is 1.76. The van der Waals surface area contributed by atoms with Gasteiger partial charge in [0.25, 0.3) is 0 Å². The number of benzene rings is 1. The molecular formula is C15H24ClNO3. The van der Waals surface area contributed by atoms with Crippen LogP contribution in [0.15, 0.2) is 12.1 Å². The normalized spacial score (nSPS) is 12.6. The first kappa shape index (κ1) is 17.1. The van der Waals surface area contributed by atoms with E-state index in [1.165, 1.54) is 0 Å². The molecule has 1 unspecified atom stereocenters. The van der Waals surface area contributed by atoms with Crippen LogP contribution in [0, 0.1) is 5.92 Å². The molecule has 5 heteroatoms. The lowest BCUT2D eigenvalue weighted by Gasteiger charge is -2.16. The lowest BCUT2D eigenvalue weighted by molar-refractivity contribution is 0.123. The van der Waals surface area contributed by atoms with Gasteiger partial charge in [-0.25, -0.2) is 0 Å². The van der Waals surface area contributed by atoms with Gasteiger partial charge in [-0.1, -0.05) is 25.4 Å². The second kappa shape index (κ2) is 8.35. The topological polar surface area (TPSA) is 50.7 Å². The maximum absolute atomic E-state index is 9.74. The molecule has 0 saturated carbocycles. The summed E-state index contributed by atoms with van der Waals surface area (Å²) >= 11 is 6.20. The molecule has 0 aliphatic carbocycles. The molecule has 0 aliphatic heterocycles. The van der Waals surface area contributed by atoms with Gasteiger partial charge < -0.3 is 19.9 Å². The van der Waals surface area contributed by atoms with Crippen LogP contribution in [0.4, 0.5) is 0 Å². The van der Waals surface area contributed by atoms with Gasteiger partial charge >= 0.3 is 0 Å². The average Bonchev–Trinajstić information content (AvgIpc) is 2.41. The van der Waals surface area contributed by atoms with Crippen molar-refractivity contribution in [1.29, 1.82) is 0 Å². The Kier molecular flexibility index (Phi) is 7.13. The number of ether oxygens (including phenoxy) is 2. The van der Waals surface area contributed by atoms with E-state index < -0.39 is 0 Å². The van der Waals surface area contributed by atoms with Crippen molar-refractivity contribution < 1.29 is 14.6 Å². The van der Waals surface area contributed by atoms with Gasteiger partial charge in [-0.2, -0.15) is 0 Å². The minimum atomic E-state index is -0.352. The van der Waals surface area contributed by atoms with Crippen LogP contribution in [0.5, 0.6) is 11.5 Å². The molecule has 114 valence electrons. The molecule has 2 N–H and O–H groups in total. The molecular weight excluding hydrogens is 278 g/mol. The molecule has 0 saturated heterocycles. The Morgan fingerprint density at radius 1 is 1.35 bits per heavy atom. The number of halogens is 1. The van der Waals surface area contributed by atoms with Crippen LogP contribution in [0.2, 0.25) is 5.02 Å². The minimum absolute atomic E-state index is 0.237. The minimum Gasteiger partial charge on any atom is -0.493 e. The highest BCUT2D eigenvalue weighted by Crippen LogP contribution is 2.36. The van der Waals surface area contributed by atoms with Gasteiger partial charge in [-0.3, -0.25) is 0 Å². The SMILES string of the molecule is CCOc1c(Cl)cc(CNCC(O)C(C)C)cc1OC. The molecule has 0 amide bonds. The average molecular weight is 302 g/mol. The van der Waals surface area contributed by atoms with Crippen LogP contribution in [-0.4, -0.2) is 31.5 Å².